The van der Waals surface area contributed by atoms with Gasteiger partial charge in [0.15, 0.2) is 0 Å². The molecule has 0 aliphatic carbocycles. The monoisotopic (exact) mass is 98.0 g/mol. The van der Waals surface area contributed by atoms with E-state index in [1.807, 2.05) is 0 Å². The highest BCUT2D eigenvalue weighted by Gasteiger charge is 2.13. The van der Waals surface area contributed by atoms with E-state index in [-0.39, 0.29) is 6.10 Å². The van der Waals surface area contributed by atoms with Crippen molar-refractivity contribution in [1.82, 2.24) is 0 Å². The van der Waals surface area contributed by atoms with Crippen LogP contribution in [0.15, 0.2) is 0 Å². The second-order valence-corrected chi connectivity index (χ2v) is 1.40. The van der Waals surface area contributed by atoms with Crippen molar-refractivity contribution in [2.24, 2.45) is 0 Å². The van der Waals surface area contributed by atoms with Crippen molar-refractivity contribution in [3.63, 3.8) is 0 Å². The Hall–Kier alpha value is -0.680. The normalized spacial score (nSPS) is 27.1. The summed E-state index contributed by atoms with van der Waals surface area (Å²) in [6.07, 6.45) is 2.78. The number of ether oxygens (including phenoxy) is 1. The standard InChI is InChI=1S/C5H6O2/c6-3-1-5-2-4-7-5/h5-6H,2,4H2. The van der Waals surface area contributed by atoms with E-state index in [0.29, 0.717) is 0 Å². The van der Waals surface area contributed by atoms with Gasteiger partial charge in [0.2, 0.25) is 0 Å². The van der Waals surface area contributed by atoms with E-state index >= 15 is 0 Å². The molecular weight excluding hydrogens is 92.1 g/mol. The quantitative estimate of drug-likeness (QED) is 0.436. The second-order valence-electron chi connectivity index (χ2n) is 1.40. The molecule has 38 valence electrons. The van der Waals surface area contributed by atoms with Gasteiger partial charge in [-0.1, -0.05) is 0 Å². The summed E-state index contributed by atoms with van der Waals surface area (Å²) in [5, 5.41) is 7.96. The van der Waals surface area contributed by atoms with Crippen LogP contribution in [0.2, 0.25) is 0 Å². The highest BCUT2D eigenvalue weighted by Crippen LogP contribution is 2.07. The molecule has 1 rings (SSSR count). The molecule has 0 aromatic carbocycles. The molecule has 1 N–H and O–H groups in total. The Kier molecular flexibility index (Phi) is 1.19. The van der Waals surface area contributed by atoms with Gasteiger partial charge in [-0.2, -0.15) is 0 Å². The molecule has 0 saturated carbocycles. The van der Waals surface area contributed by atoms with Crippen LogP contribution in [-0.4, -0.2) is 17.8 Å². The van der Waals surface area contributed by atoms with Crippen LogP contribution in [0, 0.1) is 12.0 Å². The van der Waals surface area contributed by atoms with Crippen LogP contribution in [0.4, 0.5) is 0 Å². The summed E-state index contributed by atoms with van der Waals surface area (Å²) in [7, 11) is 0. The van der Waals surface area contributed by atoms with Gasteiger partial charge in [-0.3, -0.25) is 0 Å². The zero-order valence-electron chi connectivity index (χ0n) is 3.85. The number of hydrogen-bond donors (Lipinski definition) is 1. The molecule has 2 heteroatoms. The summed E-state index contributed by atoms with van der Waals surface area (Å²) in [6, 6.07) is 0. The third-order valence-electron chi connectivity index (χ3n) is 0.925. The lowest BCUT2D eigenvalue weighted by molar-refractivity contribution is -0.0126. The summed E-state index contributed by atoms with van der Waals surface area (Å²) in [4.78, 5) is 0. The summed E-state index contributed by atoms with van der Waals surface area (Å²) in [6.45, 7) is 0.791. The first-order chi connectivity index (χ1) is 3.43. The third-order valence-corrected chi connectivity index (χ3v) is 0.925. The number of rotatable bonds is 0. The minimum atomic E-state index is 0.0185. The van der Waals surface area contributed by atoms with Crippen molar-refractivity contribution in [3.05, 3.63) is 0 Å². The molecule has 0 aromatic heterocycles. The summed E-state index contributed by atoms with van der Waals surface area (Å²) in [5.41, 5.74) is 0. The van der Waals surface area contributed by atoms with E-state index in [2.05, 4.69) is 5.92 Å². The molecule has 1 aliphatic rings. The van der Waals surface area contributed by atoms with E-state index in [0.717, 1.165) is 13.0 Å². The van der Waals surface area contributed by atoms with Gasteiger partial charge in [-0.05, 0) is 5.92 Å². The zero-order chi connectivity index (χ0) is 5.11. The van der Waals surface area contributed by atoms with E-state index in [4.69, 9.17) is 9.84 Å². The van der Waals surface area contributed by atoms with Gasteiger partial charge < -0.3 is 9.84 Å². The molecule has 0 aromatic rings. The lowest BCUT2D eigenvalue weighted by atomic mass is 10.2. The first-order valence-electron chi connectivity index (χ1n) is 2.19. The minimum Gasteiger partial charge on any atom is -0.462 e. The fourth-order valence-electron chi connectivity index (χ4n) is 0.422. The lowest BCUT2D eigenvalue weighted by Gasteiger charge is -2.19. The third kappa shape index (κ3) is 0.847. The Bertz CT molecular complexity index is 105. The average molecular weight is 98.1 g/mol. The molecule has 0 bridgehead atoms. The number of aliphatic hydroxyl groups is 1. The average Bonchev–Trinajstić information content (AvgIpc) is 1.55. The molecular formula is C5H6O2. The van der Waals surface area contributed by atoms with Crippen LogP contribution in [0.1, 0.15) is 6.42 Å². The van der Waals surface area contributed by atoms with Crippen LogP contribution in [0.3, 0.4) is 0 Å². The SMILES string of the molecule is OC#CC1CCO1. The summed E-state index contributed by atoms with van der Waals surface area (Å²) < 4.78 is 4.84. The Morgan fingerprint density at radius 2 is 2.43 bits per heavy atom. The second kappa shape index (κ2) is 1.85. The van der Waals surface area contributed by atoms with Crippen molar-refractivity contribution in [1.29, 1.82) is 0 Å². The highest BCUT2D eigenvalue weighted by atomic mass is 16.5. The summed E-state index contributed by atoms with van der Waals surface area (Å²) in [5.74, 6) is 2.47. The van der Waals surface area contributed by atoms with Crippen molar-refractivity contribution in [3.8, 4) is 12.0 Å². The maximum absolute atomic E-state index is 7.96. The van der Waals surface area contributed by atoms with Crippen LogP contribution < -0.4 is 0 Å². The zero-order valence-corrected chi connectivity index (χ0v) is 3.85. The van der Waals surface area contributed by atoms with Gasteiger partial charge in [0.25, 0.3) is 0 Å². The van der Waals surface area contributed by atoms with Gasteiger partial charge in [-0.25, -0.2) is 0 Å². The predicted molar refractivity (Wildman–Crippen MR) is 24.1 cm³/mol. The Morgan fingerprint density at radius 1 is 1.71 bits per heavy atom. The summed E-state index contributed by atoms with van der Waals surface area (Å²) >= 11 is 0. The predicted octanol–water partition coefficient (Wildman–Crippen LogP) is 0.109. The van der Waals surface area contributed by atoms with E-state index in [1.165, 1.54) is 0 Å². The molecule has 7 heavy (non-hydrogen) atoms. The Morgan fingerprint density at radius 3 is 2.57 bits per heavy atom. The Balaban J connectivity index is 2.23. The van der Waals surface area contributed by atoms with Crippen molar-refractivity contribution >= 4 is 0 Å². The maximum Gasteiger partial charge on any atom is 0.123 e. The van der Waals surface area contributed by atoms with Gasteiger partial charge in [0.05, 0.1) is 6.61 Å². The molecule has 0 radical (unpaired) electrons. The largest absolute Gasteiger partial charge is 0.462 e. The number of hydrogen-bond acceptors (Lipinski definition) is 2. The van der Waals surface area contributed by atoms with Crippen molar-refractivity contribution < 1.29 is 9.84 Å². The first-order valence-corrected chi connectivity index (χ1v) is 2.19. The molecule has 1 unspecified atom stereocenters. The molecule has 1 fully saturated rings. The van der Waals surface area contributed by atoms with E-state index in [1.54, 1.807) is 6.11 Å². The maximum atomic E-state index is 7.96. The van der Waals surface area contributed by atoms with E-state index in [9.17, 15) is 0 Å². The Labute approximate surface area is 42.1 Å². The molecule has 0 amide bonds. The fraction of sp³-hybridized carbons (Fsp3) is 0.600. The van der Waals surface area contributed by atoms with Crippen LogP contribution in [0.5, 0.6) is 0 Å². The highest BCUT2D eigenvalue weighted by molar-refractivity contribution is 5.01. The molecule has 1 heterocycles. The van der Waals surface area contributed by atoms with Crippen molar-refractivity contribution in [2.45, 2.75) is 12.5 Å². The molecule has 1 aliphatic heterocycles. The van der Waals surface area contributed by atoms with Crippen molar-refractivity contribution in [2.75, 3.05) is 6.61 Å². The number of aliphatic hydroxyl groups excluding tert-OH is 1. The van der Waals surface area contributed by atoms with Gasteiger partial charge >= 0.3 is 0 Å². The topological polar surface area (TPSA) is 29.5 Å². The van der Waals surface area contributed by atoms with E-state index < -0.39 is 0 Å². The minimum absolute atomic E-state index is 0.0185. The van der Waals surface area contributed by atoms with Crippen LogP contribution >= 0.6 is 0 Å². The first kappa shape index (κ1) is 4.48. The smallest absolute Gasteiger partial charge is 0.123 e. The van der Waals surface area contributed by atoms with Gasteiger partial charge in [0, 0.05) is 6.42 Å². The molecule has 1 atom stereocenters. The van der Waals surface area contributed by atoms with Gasteiger partial charge in [0.1, 0.15) is 12.2 Å². The molecule has 1 saturated heterocycles. The van der Waals surface area contributed by atoms with Crippen LogP contribution in [-0.2, 0) is 4.74 Å². The molecule has 0 spiro atoms. The van der Waals surface area contributed by atoms with Crippen LogP contribution in [0.25, 0.3) is 0 Å². The van der Waals surface area contributed by atoms with Gasteiger partial charge in [-0.15, -0.1) is 0 Å². The lowest BCUT2D eigenvalue weighted by Crippen LogP contribution is -2.24. The molecule has 2 nitrogen and oxygen atoms in total. The fourth-order valence-corrected chi connectivity index (χ4v) is 0.422.